The molecule has 0 spiro atoms. The Kier molecular flexibility index (Phi) is 2.91. The van der Waals surface area contributed by atoms with Crippen LogP contribution in [0.1, 0.15) is 17.4 Å². The molecule has 3 rings (SSSR count). The van der Waals surface area contributed by atoms with E-state index in [0.29, 0.717) is 12.2 Å². The third-order valence-corrected chi connectivity index (χ3v) is 3.05. The third kappa shape index (κ3) is 2.17. The Balaban J connectivity index is 1.99. The van der Waals surface area contributed by atoms with Crippen molar-refractivity contribution in [3.63, 3.8) is 0 Å². The minimum absolute atomic E-state index is 0.0254. The zero-order chi connectivity index (χ0) is 13.2. The lowest BCUT2D eigenvalue weighted by atomic mass is 10.2. The normalized spacial score (nSPS) is 17.5. The van der Waals surface area contributed by atoms with Crippen LogP contribution in [0.3, 0.4) is 0 Å². The number of ether oxygens (including phenoxy) is 1. The van der Waals surface area contributed by atoms with E-state index in [-0.39, 0.29) is 12.0 Å². The molecule has 1 aromatic heterocycles. The molecule has 1 aliphatic rings. The Morgan fingerprint density at radius 1 is 1.26 bits per heavy atom. The second-order valence-corrected chi connectivity index (χ2v) is 4.53. The number of aromatic nitrogens is 1. The van der Waals surface area contributed by atoms with Crippen LogP contribution in [0, 0.1) is 0 Å². The van der Waals surface area contributed by atoms with Crippen molar-refractivity contribution in [2.24, 2.45) is 0 Å². The number of anilines is 1. The predicted octanol–water partition coefficient (Wildman–Crippen LogP) is 2.51. The van der Waals surface area contributed by atoms with Gasteiger partial charge in [0.05, 0.1) is 12.2 Å². The van der Waals surface area contributed by atoms with E-state index >= 15 is 0 Å². The number of carbonyl (C=O) groups is 1. The maximum absolute atomic E-state index is 12.5. The summed E-state index contributed by atoms with van der Waals surface area (Å²) in [5.41, 5.74) is 1.25. The van der Waals surface area contributed by atoms with Crippen LogP contribution in [0.2, 0.25) is 0 Å². The summed E-state index contributed by atoms with van der Waals surface area (Å²) in [6, 6.07) is 12.9. The van der Waals surface area contributed by atoms with Crippen molar-refractivity contribution < 1.29 is 9.53 Å². The molecule has 2 aromatic rings. The maximum atomic E-state index is 12.5. The summed E-state index contributed by atoms with van der Waals surface area (Å²) in [5.74, 6) is 0.647. The van der Waals surface area contributed by atoms with Gasteiger partial charge in [-0.25, -0.2) is 0 Å². The van der Waals surface area contributed by atoms with Crippen molar-refractivity contribution in [3.8, 4) is 5.75 Å². The highest BCUT2D eigenvalue weighted by Gasteiger charge is 2.28. The van der Waals surface area contributed by atoms with Gasteiger partial charge in [-0.2, -0.15) is 0 Å². The molecule has 0 saturated heterocycles. The number of carbonyl (C=O) groups excluding carboxylic acids is 1. The number of hydrogen-bond acceptors (Lipinski definition) is 3. The first-order chi connectivity index (χ1) is 9.25. The van der Waals surface area contributed by atoms with E-state index in [0.717, 1.165) is 11.4 Å². The Hall–Kier alpha value is -2.36. The Labute approximate surface area is 111 Å². The van der Waals surface area contributed by atoms with Crippen LogP contribution in [-0.4, -0.2) is 23.5 Å². The molecule has 0 fully saturated rings. The highest BCUT2D eigenvalue weighted by Crippen LogP contribution is 2.33. The van der Waals surface area contributed by atoms with Gasteiger partial charge in [-0.15, -0.1) is 0 Å². The van der Waals surface area contributed by atoms with Gasteiger partial charge in [-0.3, -0.25) is 14.7 Å². The monoisotopic (exact) mass is 254 g/mol. The van der Waals surface area contributed by atoms with Crippen molar-refractivity contribution in [1.82, 2.24) is 4.98 Å². The number of amides is 1. The molecule has 0 bridgehead atoms. The van der Waals surface area contributed by atoms with Crippen molar-refractivity contribution in [2.45, 2.75) is 13.0 Å². The van der Waals surface area contributed by atoms with Crippen LogP contribution < -0.4 is 9.64 Å². The second kappa shape index (κ2) is 4.72. The fraction of sp³-hybridized carbons (Fsp3) is 0.200. The molecule has 0 saturated carbocycles. The lowest BCUT2D eigenvalue weighted by molar-refractivity contribution is 0.0956. The van der Waals surface area contributed by atoms with Crippen LogP contribution in [0.25, 0.3) is 0 Å². The van der Waals surface area contributed by atoms with Crippen molar-refractivity contribution in [1.29, 1.82) is 0 Å². The predicted molar refractivity (Wildman–Crippen MR) is 72.4 cm³/mol. The van der Waals surface area contributed by atoms with Gasteiger partial charge in [-0.1, -0.05) is 18.2 Å². The highest BCUT2D eigenvalue weighted by molar-refractivity contribution is 6.05. The topological polar surface area (TPSA) is 42.4 Å². The average Bonchev–Trinajstić information content (AvgIpc) is 2.46. The molecule has 0 radical (unpaired) electrons. The SMILES string of the molecule is CC1CN(C(=O)c2ccccn2)c2ccccc2O1. The third-order valence-electron chi connectivity index (χ3n) is 3.05. The Morgan fingerprint density at radius 3 is 2.84 bits per heavy atom. The molecule has 1 atom stereocenters. The van der Waals surface area contributed by atoms with Crippen LogP contribution in [-0.2, 0) is 0 Å². The van der Waals surface area contributed by atoms with E-state index in [9.17, 15) is 4.79 Å². The van der Waals surface area contributed by atoms with Gasteiger partial charge in [0.25, 0.3) is 5.91 Å². The van der Waals surface area contributed by atoms with E-state index < -0.39 is 0 Å². The first-order valence-electron chi connectivity index (χ1n) is 6.24. The number of fused-ring (bicyclic) bond motifs is 1. The zero-order valence-corrected chi connectivity index (χ0v) is 10.6. The maximum Gasteiger partial charge on any atom is 0.277 e. The summed E-state index contributed by atoms with van der Waals surface area (Å²) in [7, 11) is 0. The van der Waals surface area contributed by atoms with Gasteiger partial charge in [0.15, 0.2) is 0 Å². The minimum atomic E-state index is -0.0943. The second-order valence-electron chi connectivity index (χ2n) is 4.53. The first kappa shape index (κ1) is 11.7. The minimum Gasteiger partial charge on any atom is -0.487 e. The molecule has 1 aliphatic heterocycles. The lowest BCUT2D eigenvalue weighted by Gasteiger charge is -2.33. The molecule has 0 aliphatic carbocycles. The standard InChI is InChI=1S/C15H14N2O2/c1-11-10-17(13-7-2-3-8-14(13)19-11)15(18)12-6-4-5-9-16-12/h2-9,11H,10H2,1H3. The number of rotatable bonds is 1. The molecule has 1 unspecified atom stereocenters. The van der Waals surface area contributed by atoms with Gasteiger partial charge in [0.1, 0.15) is 17.5 Å². The average molecular weight is 254 g/mol. The molecule has 19 heavy (non-hydrogen) atoms. The highest BCUT2D eigenvalue weighted by atomic mass is 16.5. The van der Waals surface area contributed by atoms with Gasteiger partial charge >= 0.3 is 0 Å². The summed E-state index contributed by atoms with van der Waals surface area (Å²) in [6.45, 7) is 2.49. The summed E-state index contributed by atoms with van der Waals surface area (Å²) in [5, 5.41) is 0. The molecule has 1 aromatic carbocycles. The molecule has 0 N–H and O–H groups in total. The van der Waals surface area contributed by atoms with Gasteiger partial charge < -0.3 is 4.74 Å². The fourth-order valence-electron chi connectivity index (χ4n) is 2.21. The van der Waals surface area contributed by atoms with E-state index in [2.05, 4.69) is 4.98 Å². The van der Waals surface area contributed by atoms with Gasteiger partial charge in [0, 0.05) is 6.20 Å². The van der Waals surface area contributed by atoms with Crippen molar-refractivity contribution in [3.05, 3.63) is 54.4 Å². The number of hydrogen-bond donors (Lipinski definition) is 0. The quantitative estimate of drug-likeness (QED) is 0.785. The molecular weight excluding hydrogens is 240 g/mol. The lowest BCUT2D eigenvalue weighted by Crippen LogP contribution is -2.42. The number of pyridine rings is 1. The smallest absolute Gasteiger partial charge is 0.277 e. The number of nitrogens with zero attached hydrogens (tertiary/aromatic N) is 2. The summed E-state index contributed by atoms with van der Waals surface area (Å²) in [4.78, 5) is 18.4. The van der Waals surface area contributed by atoms with E-state index in [1.165, 1.54) is 0 Å². The van der Waals surface area contributed by atoms with Gasteiger partial charge in [0.2, 0.25) is 0 Å². The first-order valence-corrected chi connectivity index (χ1v) is 6.24. The largest absolute Gasteiger partial charge is 0.487 e. The molecule has 1 amide bonds. The van der Waals surface area contributed by atoms with E-state index in [4.69, 9.17) is 4.74 Å². The molecule has 4 nitrogen and oxygen atoms in total. The van der Waals surface area contributed by atoms with Gasteiger partial charge in [-0.05, 0) is 31.2 Å². The summed E-state index contributed by atoms with van der Waals surface area (Å²) in [6.07, 6.45) is 1.60. The molecular formula is C15H14N2O2. The fourth-order valence-corrected chi connectivity index (χ4v) is 2.21. The van der Waals surface area contributed by atoms with Crippen LogP contribution in [0.15, 0.2) is 48.7 Å². The van der Waals surface area contributed by atoms with Crippen LogP contribution in [0.4, 0.5) is 5.69 Å². The van der Waals surface area contributed by atoms with Crippen LogP contribution >= 0.6 is 0 Å². The Morgan fingerprint density at radius 2 is 2.05 bits per heavy atom. The van der Waals surface area contributed by atoms with E-state index in [1.54, 1.807) is 23.2 Å². The Bertz CT molecular complexity index is 598. The zero-order valence-electron chi connectivity index (χ0n) is 10.6. The molecule has 4 heteroatoms. The summed E-state index contributed by atoms with van der Waals surface area (Å²) < 4.78 is 5.73. The number of para-hydroxylation sites is 2. The van der Waals surface area contributed by atoms with Crippen LogP contribution in [0.5, 0.6) is 5.75 Å². The van der Waals surface area contributed by atoms with Crippen molar-refractivity contribution in [2.75, 3.05) is 11.4 Å². The van der Waals surface area contributed by atoms with Crippen molar-refractivity contribution >= 4 is 11.6 Å². The molecule has 96 valence electrons. The molecule has 2 heterocycles. The summed E-state index contributed by atoms with van der Waals surface area (Å²) >= 11 is 0. The van der Waals surface area contributed by atoms with E-state index in [1.807, 2.05) is 37.3 Å². The number of benzene rings is 1.